The molecule has 9 heteroatoms. The maximum atomic E-state index is 5.90. The van der Waals surface area contributed by atoms with Gasteiger partial charge in [-0.3, -0.25) is 4.40 Å². The Labute approximate surface area is 132 Å². The Morgan fingerprint density at radius 2 is 1.96 bits per heavy atom. The van der Waals surface area contributed by atoms with Crippen LogP contribution in [-0.4, -0.2) is 34.3 Å². The predicted octanol–water partition coefficient (Wildman–Crippen LogP) is 1.42. The van der Waals surface area contributed by atoms with E-state index in [2.05, 4.69) is 35.3 Å². The summed E-state index contributed by atoms with van der Waals surface area (Å²) in [5.41, 5.74) is 6.56. The Kier molecular flexibility index (Phi) is 3.52. The van der Waals surface area contributed by atoms with Crippen LogP contribution in [0.15, 0.2) is 18.7 Å². The van der Waals surface area contributed by atoms with Crippen LogP contribution in [0.3, 0.4) is 0 Å². The highest BCUT2D eigenvalue weighted by molar-refractivity contribution is 5.53. The fourth-order valence-electron chi connectivity index (χ4n) is 3.17. The molecule has 9 nitrogen and oxygen atoms in total. The van der Waals surface area contributed by atoms with Gasteiger partial charge in [-0.2, -0.15) is 4.98 Å². The molecule has 4 rings (SSSR count). The zero-order chi connectivity index (χ0) is 15.6. The van der Waals surface area contributed by atoms with Crippen molar-refractivity contribution in [1.29, 1.82) is 0 Å². The fourth-order valence-corrected chi connectivity index (χ4v) is 3.17. The zero-order valence-electron chi connectivity index (χ0n) is 12.8. The summed E-state index contributed by atoms with van der Waals surface area (Å²) >= 11 is 0. The summed E-state index contributed by atoms with van der Waals surface area (Å²) in [6.07, 6.45) is 9.64. The SMILES string of the molecule is Nc1nc(NCc2nncn2C2CCCCC2)cc2nncn12. The quantitative estimate of drug-likeness (QED) is 0.749. The van der Waals surface area contributed by atoms with Gasteiger partial charge < -0.3 is 15.6 Å². The molecule has 0 unspecified atom stereocenters. The van der Waals surface area contributed by atoms with Gasteiger partial charge in [0.1, 0.15) is 18.5 Å². The average Bonchev–Trinajstić information content (AvgIpc) is 3.23. The minimum absolute atomic E-state index is 0.351. The molecule has 1 fully saturated rings. The van der Waals surface area contributed by atoms with Crippen molar-refractivity contribution in [3.8, 4) is 0 Å². The third-order valence-corrected chi connectivity index (χ3v) is 4.36. The number of nitrogens with zero attached hydrogens (tertiary/aromatic N) is 7. The van der Waals surface area contributed by atoms with E-state index in [9.17, 15) is 0 Å². The highest BCUT2D eigenvalue weighted by Gasteiger charge is 2.18. The molecule has 3 heterocycles. The Morgan fingerprint density at radius 3 is 2.83 bits per heavy atom. The molecule has 0 aliphatic heterocycles. The summed E-state index contributed by atoms with van der Waals surface area (Å²) in [6.45, 7) is 0.549. The number of fused-ring (bicyclic) bond motifs is 1. The van der Waals surface area contributed by atoms with Crippen molar-refractivity contribution < 1.29 is 0 Å². The van der Waals surface area contributed by atoms with Crippen LogP contribution in [0.25, 0.3) is 5.65 Å². The van der Waals surface area contributed by atoms with E-state index in [0.717, 1.165) is 5.82 Å². The molecule has 1 aliphatic rings. The van der Waals surface area contributed by atoms with Crippen molar-refractivity contribution >= 4 is 17.4 Å². The predicted molar refractivity (Wildman–Crippen MR) is 84.7 cm³/mol. The van der Waals surface area contributed by atoms with Crippen molar-refractivity contribution in [3.63, 3.8) is 0 Å². The number of nitrogens with two attached hydrogens (primary N) is 1. The average molecular weight is 313 g/mol. The van der Waals surface area contributed by atoms with Crippen LogP contribution < -0.4 is 11.1 Å². The first-order valence-corrected chi connectivity index (χ1v) is 7.90. The molecular weight excluding hydrogens is 294 g/mol. The number of nitrogens with one attached hydrogen (secondary N) is 1. The fraction of sp³-hybridized carbons (Fsp3) is 0.500. The number of aromatic nitrogens is 7. The van der Waals surface area contributed by atoms with Gasteiger partial charge in [-0.1, -0.05) is 19.3 Å². The van der Waals surface area contributed by atoms with Crippen molar-refractivity contribution in [2.45, 2.75) is 44.7 Å². The number of anilines is 2. The summed E-state index contributed by atoms with van der Waals surface area (Å²) in [5.74, 6) is 1.92. The summed E-state index contributed by atoms with van der Waals surface area (Å²) < 4.78 is 3.82. The van der Waals surface area contributed by atoms with Gasteiger partial charge in [0.05, 0.1) is 6.54 Å². The first kappa shape index (κ1) is 13.9. The Hall–Kier alpha value is -2.71. The van der Waals surface area contributed by atoms with E-state index in [-0.39, 0.29) is 0 Å². The molecule has 0 spiro atoms. The molecule has 0 atom stereocenters. The van der Waals surface area contributed by atoms with E-state index in [1.165, 1.54) is 32.1 Å². The van der Waals surface area contributed by atoms with Crippen LogP contribution in [0.4, 0.5) is 11.8 Å². The van der Waals surface area contributed by atoms with Crippen molar-refractivity contribution in [2.75, 3.05) is 11.1 Å². The standard InChI is InChI=1S/C14H19N9/c15-14-19-11(6-12-20-18-9-23(12)14)16-7-13-21-17-8-22(13)10-4-2-1-3-5-10/h6,8-10,16H,1-5,7H2,(H2,15,19). The molecule has 0 radical (unpaired) electrons. The Bertz CT molecular complexity index is 800. The van der Waals surface area contributed by atoms with Gasteiger partial charge in [0.2, 0.25) is 5.95 Å². The minimum Gasteiger partial charge on any atom is -0.369 e. The topological polar surface area (TPSA) is 112 Å². The first-order chi connectivity index (χ1) is 11.3. The molecule has 23 heavy (non-hydrogen) atoms. The zero-order valence-corrected chi connectivity index (χ0v) is 12.8. The summed E-state index contributed by atoms with van der Waals surface area (Å²) in [5, 5.41) is 19.4. The molecule has 0 amide bonds. The molecule has 0 saturated heterocycles. The molecule has 3 aromatic rings. The van der Waals surface area contributed by atoms with Crippen LogP contribution in [0.1, 0.15) is 44.0 Å². The largest absolute Gasteiger partial charge is 0.369 e. The van der Waals surface area contributed by atoms with E-state index in [1.807, 2.05) is 12.4 Å². The van der Waals surface area contributed by atoms with Gasteiger partial charge in [-0.15, -0.1) is 20.4 Å². The Balaban J connectivity index is 1.51. The van der Waals surface area contributed by atoms with Crippen molar-refractivity contribution in [1.82, 2.24) is 34.3 Å². The van der Waals surface area contributed by atoms with Crippen LogP contribution in [0, 0.1) is 0 Å². The van der Waals surface area contributed by atoms with Gasteiger partial charge in [0.25, 0.3) is 0 Å². The van der Waals surface area contributed by atoms with E-state index in [1.54, 1.807) is 10.7 Å². The van der Waals surface area contributed by atoms with E-state index >= 15 is 0 Å². The van der Waals surface area contributed by atoms with Crippen molar-refractivity contribution in [2.24, 2.45) is 0 Å². The van der Waals surface area contributed by atoms with Crippen LogP contribution >= 0.6 is 0 Å². The van der Waals surface area contributed by atoms with Gasteiger partial charge in [-0.05, 0) is 12.8 Å². The second kappa shape index (κ2) is 5.82. The Morgan fingerprint density at radius 1 is 1.13 bits per heavy atom. The smallest absolute Gasteiger partial charge is 0.209 e. The lowest BCUT2D eigenvalue weighted by molar-refractivity contribution is 0.346. The summed E-state index contributed by atoms with van der Waals surface area (Å²) in [7, 11) is 0. The molecule has 120 valence electrons. The lowest BCUT2D eigenvalue weighted by Crippen LogP contribution is -2.17. The minimum atomic E-state index is 0.351. The maximum Gasteiger partial charge on any atom is 0.209 e. The molecule has 1 saturated carbocycles. The highest BCUT2D eigenvalue weighted by Crippen LogP contribution is 2.28. The van der Waals surface area contributed by atoms with Crippen molar-refractivity contribution in [3.05, 3.63) is 24.5 Å². The van der Waals surface area contributed by atoms with Gasteiger partial charge in [0.15, 0.2) is 11.5 Å². The molecule has 1 aliphatic carbocycles. The van der Waals surface area contributed by atoms with Crippen LogP contribution in [-0.2, 0) is 6.54 Å². The highest BCUT2D eigenvalue weighted by atomic mass is 15.3. The molecule has 0 bridgehead atoms. The summed E-state index contributed by atoms with van der Waals surface area (Å²) in [4.78, 5) is 4.31. The third-order valence-electron chi connectivity index (χ3n) is 4.36. The number of rotatable bonds is 4. The van der Waals surface area contributed by atoms with E-state index in [0.29, 0.717) is 30.0 Å². The second-order valence-electron chi connectivity index (χ2n) is 5.86. The first-order valence-electron chi connectivity index (χ1n) is 7.90. The lowest BCUT2D eigenvalue weighted by atomic mass is 9.95. The molecule has 0 aromatic carbocycles. The van der Waals surface area contributed by atoms with Crippen LogP contribution in [0.2, 0.25) is 0 Å². The van der Waals surface area contributed by atoms with Gasteiger partial charge in [-0.25, -0.2) is 0 Å². The monoisotopic (exact) mass is 313 g/mol. The molecule has 3 N–H and O–H groups in total. The van der Waals surface area contributed by atoms with Gasteiger partial charge >= 0.3 is 0 Å². The van der Waals surface area contributed by atoms with Crippen LogP contribution in [0.5, 0.6) is 0 Å². The van der Waals surface area contributed by atoms with Gasteiger partial charge in [0, 0.05) is 12.1 Å². The second-order valence-corrected chi connectivity index (χ2v) is 5.86. The van der Waals surface area contributed by atoms with E-state index < -0.39 is 0 Å². The summed E-state index contributed by atoms with van der Waals surface area (Å²) in [6, 6.07) is 2.32. The molecular formula is C14H19N9. The number of hydrogen-bond acceptors (Lipinski definition) is 7. The van der Waals surface area contributed by atoms with E-state index in [4.69, 9.17) is 5.73 Å². The number of nitrogen functional groups attached to an aromatic ring is 1. The number of hydrogen-bond donors (Lipinski definition) is 2. The third kappa shape index (κ3) is 2.69. The molecule has 3 aromatic heterocycles. The lowest BCUT2D eigenvalue weighted by Gasteiger charge is -2.24. The normalized spacial score (nSPS) is 16.0. The maximum absolute atomic E-state index is 5.90.